The van der Waals surface area contributed by atoms with E-state index in [4.69, 9.17) is 17.0 Å². The first kappa shape index (κ1) is 20.6. The zero-order chi connectivity index (χ0) is 19.4. The Bertz CT molecular complexity index is 624. The van der Waals surface area contributed by atoms with Gasteiger partial charge in [-0.15, -0.1) is 0 Å². The largest absolute Gasteiger partial charge is 0.450 e. The van der Waals surface area contributed by atoms with E-state index in [9.17, 15) is 13.2 Å². The highest BCUT2D eigenvalue weighted by Crippen LogP contribution is 2.42. The van der Waals surface area contributed by atoms with Gasteiger partial charge < -0.3 is 4.74 Å². The maximum absolute atomic E-state index is 13.3. The Morgan fingerprint density at radius 3 is 1.96 bits per heavy atom. The number of benzene rings is 1. The summed E-state index contributed by atoms with van der Waals surface area (Å²) < 4.78 is 45.2. The third-order valence-electron chi connectivity index (χ3n) is 6.54. The molecule has 0 spiro atoms. The topological polar surface area (TPSA) is 9.23 Å². The molecular weight excluding hydrogens is 369 g/mol. The number of hydrogen-bond acceptors (Lipinski definition) is 2. The van der Waals surface area contributed by atoms with E-state index in [1.807, 2.05) is 0 Å². The zero-order valence-corrected chi connectivity index (χ0v) is 16.8. The summed E-state index contributed by atoms with van der Waals surface area (Å²) >= 11 is 5.35. The fraction of sp³-hybridized carbons (Fsp3) is 0.682. The van der Waals surface area contributed by atoms with E-state index in [2.05, 4.69) is 6.92 Å². The van der Waals surface area contributed by atoms with Crippen LogP contribution in [0.25, 0.3) is 0 Å². The van der Waals surface area contributed by atoms with Gasteiger partial charge in [0.15, 0.2) is 22.5 Å². The van der Waals surface area contributed by atoms with Crippen molar-refractivity contribution < 1.29 is 17.9 Å². The highest BCUT2D eigenvalue weighted by Gasteiger charge is 2.32. The molecule has 0 N–H and O–H groups in total. The number of thiocarbonyl (C=S) groups is 1. The van der Waals surface area contributed by atoms with Crippen molar-refractivity contribution in [1.29, 1.82) is 0 Å². The lowest BCUT2D eigenvalue weighted by atomic mass is 9.69. The van der Waals surface area contributed by atoms with Gasteiger partial charge in [0.2, 0.25) is 0 Å². The quantitative estimate of drug-likeness (QED) is 0.382. The Labute approximate surface area is 165 Å². The summed E-state index contributed by atoms with van der Waals surface area (Å²) in [6.45, 7) is 2.27. The Balaban J connectivity index is 1.47. The molecule has 0 unspecified atom stereocenters. The lowest BCUT2D eigenvalue weighted by Crippen LogP contribution is -2.29. The highest BCUT2D eigenvalue weighted by molar-refractivity contribution is 7.80. The second-order valence-corrected chi connectivity index (χ2v) is 8.71. The summed E-state index contributed by atoms with van der Waals surface area (Å²) in [7, 11) is 0. The van der Waals surface area contributed by atoms with Crippen molar-refractivity contribution in [3.05, 3.63) is 29.6 Å². The van der Waals surface area contributed by atoms with Gasteiger partial charge in [0, 0.05) is 18.1 Å². The monoisotopic (exact) mass is 398 g/mol. The standard InChI is InChI=1S/C22H29F3OS/c1-2-3-14-4-6-15(7-5-14)16-8-10-17(11-9-16)22(27)26-18-12-19(23)21(25)20(24)13-18/h12-17H,2-11H2,1H3. The van der Waals surface area contributed by atoms with Crippen molar-refractivity contribution in [2.45, 2.75) is 71.1 Å². The molecule has 0 aliphatic heterocycles. The minimum Gasteiger partial charge on any atom is -0.450 e. The minimum absolute atomic E-state index is 0.0623. The second-order valence-electron chi connectivity index (χ2n) is 8.30. The number of hydrogen-bond donors (Lipinski definition) is 0. The van der Waals surface area contributed by atoms with Crippen molar-refractivity contribution in [2.75, 3.05) is 0 Å². The number of rotatable bonds is 5. The van der Waals surface area contributed by atoms with Crippen LogP contribution in [0, 0.1) is 41.1 Å². The first-order chi connectivity index (χ1) is 13.0. The third kappa shape index (κ3) is 5.24. The maximum atomic E-state index is 13.3. The molecule has 0 heterocycles. The smallest absolute Gasteiger partial charge is 0.194 e. The molecule has 150 valence electrons. The van der Waals surface area contributed by atoms with Crippen molar-refractivity contribution >= 4 is 17.3 Å². The SMILES string of the molecule is CCCC1CCC(C2CCC(C(=S)Oc3cc(F)c(F)c(F)c3)CC2)CC1. The van der Waals surface area contributed by atoms with Crippen LogP contribution in [0.5, 0.6) is 5.75 Å². The van der Waals surface area contributed by atoms with Crippen LogP contribution >= 0.6 is 12.2 Å². The summed E-state index contributed by atoms with van der Waals surface area (Å²) in [4.78, 5) is 0. The van der Waals surface area contributed by atoms with Crippen molar-refractivity contribution in [3.63, 3.8) is 0 Å². The maximum Gasteiger partial charge on any atom is 0.194 e. The number of ether oxygens (including phenoxy) is 1. The minimum atomic E-state index is -1.48. The summed E-state index contributed by atoms with van der Waals surface area (Å²) in [5, 5.41) is 0.366. The van der Waals surface area contributed by atoms with Gasteiger partial charge in [-0.3, -0.25) is 0 Å². The molecule has 0 saturated heterocycles. The molecule has 0 atom stereocenters. The van der Waals surface area contributed by atoms with Crippen molar-refractivity contribution in [1.82, 2.24) is 0 Å². The Hall–Kier alpha value is -1.10. The van der Waals surface area contributed by atoms with E-state index in [0.717, 1.165) is 55.6 Å². The highest BCUT2D eigenvalue weighted by atomic mass is 32.1. The Morgan fingerprint density at radius 2 is 1.44 bits per heavy atom. The first-order valence-electron chi connectivity index (χ1n) is 10.3. The van der Waals surface area contributed by atoms with Crippen LogP contribution < -0.4 is 4.74 Å². The average molecular weight is 399 g/mol. The van der Waals surface area contributed by atoms with E-state index < -0.39 is 17.5 Å². The summed E-state index contributed by atoms with van der Waals surface area (Å²) in [6.07, 6.45) is 12.3. The molecule has 0 amide bonds. The van der Waals surface area contributed by atoms with Crippen molar-refractivity contribution in [3.8, 4) is 5.75 Å². The van der Waals surface area contributed by atoms with Gasteiger partial charge in [-0.2, -0.15) is 0 Å². The molecule has 0 aromatic heterocycles. The molecule has 0 bridgehead atoms. The molecule has 1 aromatic rings. The van der Waals surface area contributed by atoms with Gasteiger partial charge in [-0.05, 0) is 68.5 Å². The lowest BCUT2D eigenvalue weighted by Gasteiger charge is -2.37. The van der Waals surface area contributed by atoms with Gasteiger partial charge in [-0.25, -0.2) is 13.2 Å². The van der Waals surface area contributed by atoms with Crippen LogP contribution in [-0.4, -0.2) is 5.05 Å². The molecule has 2 aliphatic carbocycles. The molecule has 3 rings (SSSR count). The van der Waals surface area contributed by atoms with E-state index in [-0.39, 0.29) is 11.7 Å². The van der Waals surface area contributed by atoms with E-state index in [1.165, 1.54) is 38.5 Å². The van der Waals surface area contributed by atoms with Gasteiger partial charge in [0.05, 0.1) is 0 Å². The van der Waals surface area contributed by atoms with Crippen LogP contribution in [0.1, 0.15) is 71.1 Å². The molecule has 27 heavy (non-hydrogen) atoms. The lowest BCUT2D eigenvalue weighted by molar-refractivity contribution is 0.153. The predicted octanol–water partition coefficient (Wildman–Crippen LogP) is 7.22. The molecular formula is C22H29F3OS. The van der Waals surface area contributed by atoms with E-state index >= 15 is 0 Å². The predicted molar refractivity (Wildman–Crippen MR) is 105 cm³/mol. The fourth-order valence-electron chi connectivity index (χ4n) is 4.97. The molecule has 1 nitrogen and oxygen atoms in total. The average Bonchev–Trinajstić information content (AvgIpc) is 2.67. The molecule has 2 saturated carbocycles. The molecule has 1 aromatic carbocycles. The van der Waals surface area contributed by atoms with Crippen LogP contribution in [0.2, 0.25) is 0 Å². The van der Waals surface area contributed by atoms with Gasteiger partial charge in [-0.1, -0.05) is 32.6 Å². The summed E-state index contributed by atoms with van der Waals surface area (Å²) in [6, 6.07) is 1.70. The van der Waals surface area contributed by atoms with E-state index in [1.54, 1.807) is 0 Å². The van der Waals surface area contributed by atoms with Crippen LogP contribution in [0.3, 0.4) is 0 Å². The summed E-state index contributed by atoms with van der Waals surface area (Å²) in [5.74, 6) is -1.38. The third-order valence-corrected chi connectivity index (χ3v) is 6.95. The Kier molecular flexibility index (Phi) is 7.18. The first-order valence-corrected chi connectivity index (χ1v) is 10.7. The van der Waals surface area contributed by atoms with Gasteiger partial charge >= 0.3 is 0 Å². The Morgan fingerprint density at radius 1 is 0.926 bits per heavy atom. The normalized spacial score (nSPS) is 28.7. The summed E-state index contributed by atoms with van der Waals surface area (Å²) in [5.41, 5.74) is 0. The van der Waals surface area contributed by atoms with Crippen LogP contribution in [-0.2, 0) is 0 Å². The molecule has 5 heteroatoms. The van der Waals surface area contributed by atoms with Gasteiger partial charge in [0.25, 0.3) is 0 Å². The fourth-order valence-corrected chi connectivity index (χ4v) is 5.31. The van der Waals surface area contributed by atoms with Crippen molar-refractivity contribution in [2.24, 2.45) is 23.7 Å². The molecule has 2 aliphatic rings. The number of halogens is 3. The zero-order valence-electron chi connectivity index (χ0n) is 16.0. The van der Waals surface area contributed by atoms with Crippen LogP contribution in [0.4, 0.5) is 13.2 Å². The molecule has 0 radical (unpaired) electrons. The molecule has 2 fully saturated rings. The second kappa shape index (κ2) is 9.40. The van der Waals surface area contributed by atoms with Gasteiger partial charge in [0.1, 0.15) is 5.75 Å². The van der Waals surface area contributed by atoms with Crippen LogP contribution in [0.15, 0.2) is 12.1 Å². The van der Waals surface area contributed by atoms with E-state index in [0.29, 0.717) is 5.05 Å².